The zero-order valence-corrected chi connectivity index (χ0v) is 7.78. The third-order valence-electron chi connectivity index (χ3n) is 1.72. The lowest BCUT2D eigenvalue weighted by Crippen LogP contribution is -2.37. The number of carbonyl (C=O) groups excluding carboxylic acids is 1. The van der Waals surface area contributed by atoms with Crippen LogP contribution in [0.1, 0.15) is 17.3 Å². The van der Waals surface area contributed by atoms with Crippen molar-refractivity contribution in [3.63, 3.8) is 0 Å². The predicted molar refractivity (Wildman–Crippen MR) is 51.1 cm³/mol. The van der Waals surface area contributed by atoms with Crippen molar-refractivity contribution < 1.29 is 9.90 Å². The second-order valence-electron chi connectivity index (χ2n) is 2.98. The van der Waals surface area contributed by atoms with E-state index < -0.39 is 5.91 Å². The van der Waals surface area contributed by atoms with Gasteiger partial charge in [0, 0.05) is 24.5 Å². The fourth-order valence-corrected chi connectivity index (χ4v) is 0.941. The fourth-order valence-electron chi connectivity index (χ4n) is 0.941. The lowest BCUT2D eigenvalue weighted by Gasteiger charge is -2.09. The molecule has 0 saturated carbocycles. The van der Waals surface area contributed by atoms with Crippen molar-refractivity contribution in [1.29, 1.82) is 0 Å². The summed E-state index contributed by atoms with van der Waals surface area (Å²) in [5, 5.41) is 11.2. The van der Waals surface area contributed by atoms with Gasteiger partial charge < -0.3 is 15.4 Å². The molecule has 0 unspecified atom stereocenters. The van der Waals surface area contributed by atoms with Gasteiger partial charge in [0.1, 0.15) is 5.56 Å². The Kier molecular flexibility index (Phi) is 3.41. The van der Waals surface area contributed by atoms with Gasteiger partial charge in [-0.2, -0.15) is 0 Å². The summed E-state index contributed by atoms with van der Waals surface area (Å²) in [6.07, 6.45) is 2.79. The molecule has 1 aromatic rings. The van der Waals surface area contributed by atoms with Crippen LogP contribution in [-0.2, 0) is 0 Å². The molecule has 0 aromatic carbocycles. The average Bonchev–Trinajstić information content (AvgIpc) is 2.18. The van der Waals surface area contributed by atoms with Gasteiger partial charge in [-0.25, -0.2) is 0 Å². The molecular weight excluding hydrogens is 184 g/mol. The topological polar surface area (TPSA) is 82.2 Å². The standard InChI is InChI=1S/C9H12N2O3/c1-6(5-12)11-9(14)7-4-10-3-2-8(7)13/h2-4,6,12H,5H2,1H3,(H,10,13)(H,11,14)/t6-/m1/s1. The number of nitrogens with one attached hydrogen (secondary N) is 2. The molecule has 14 heavy (non-hydrogen) atoms. The monoisotopic (exact) mass is 196 g/mol. The molecule has 1 rings (SSSR count). The van der Waals surface area contributed by atoms with Crippen LogP contribution in [-0.4, -0.2) is 28.6 Å². The number of aliphatic hydroxyl groups excluding tert-OH is 1. The molecule has 0 spiro atoms. The van der Waals surface area contributed by atoms with Gasteiger partial charge in [0.25, 0.3) is 5.91 Å². The van der Waals surface area contributed by atoms with Crippen LogP contribution < -0.4 is 10.7 Å². The van der Waals surface area contributed by atoms with Crippen molar-refractivity contribution in [2.75, 3.05) is 6.61 Å². The van der Waals surface area contributed by atoms with Crippen LogP contribution in [0.3, 0.4) is 0 Å². The molecule has 0 aliphatic heterocycles. The fraction of sp³-hybridized carbons (Fsp3) is 0.333. The maximum absolute atomic E-state index is 11.4. The minimum atomic E-state index is -0.478. The predicted octanol–water partition coefficient (Wildman–Crippen LogP) is -0.515. The smallest absolute Gasteiger partial charge is 0.257 e. The molecule has 1 amide bonds. The molecule has 0 fully saturated rings. The Bertz CT molecular complexity index is 372. The van der Waals surface area contributed by atoms with Gasteiger partial charge in [-0.15, -0.1) is 0 Å². The van der Waals surface area contributed by atoms with Crippen LogP contribution in [0, 0.1) is 0 Å². The second-order valence-corrected chi connectivity index (χ2v) is 2.98. The SMILES string of the molecule is C[C@H](CO)NC(=O)c1c[nH]ccc1=O. The van der Waals surface area contributed by atoms with Crippen LogP contribution in [0.25, 0.3) is 0 Å². The molecule has 0 radical (unpaired) electrons. The third kappa shape index (κ3) is 2.43. The van der Waals surface area contributed by atoms with Crippen molar-refractivity contribution in [2.45, 2.75) is 13.0 Å². The highest BCUT2D eigenvalue weighted by Gasteiger charge is 2.11. The van der Waals surface area contributed by atoms with E-state index >= 15 is 0 Å². The average molecular weight is 196 g/mol. The lowest BCUT2D eigenvalue weighted by atomic mass is 10.2. The van der Waals surface area contributed by atoms with Gasteiger partial charge in [-0.1, -0.05) is 0 Å². The first-order valence-electron chi connectivity index (χ1n) is 4.24. The number of hydrogen-bond donors (Lipinski definition) is 3. The molecule has 0 aliphatic carbocycles. The van der Waals surface area contributed by atoms with Gasteiger partial charge in [-0.3, -0.25) is 9.59 Å². The summed E-state index contributed by atoms with van der Waals surface area (Å²) < 4.78 is 0. The summed E-state index contributed by atoms with van der Waals surface area (Å²) >= 11 is 0. The van der Waals surface area contributed by atoms with Gasteiger partial charge in [-0.05, 0) is 6.92 Å². The maximum Gasteiger partial charge on any atom is 0.257 e. The number of aromatic nitrogens is 1. The highest BCUT2D eigenvalue weighted by molar-refractivity contribution is 5.93. The molecule has 0 aliphatic rings. The minimum absolute atomic E-state index is 0.0489. The van der Waals surface area contributed by atoms with Gasteiger partial charge in [0.15, 0.2) is 5.43 Å². The molecule has 1 atom stereocenters. The molecule has 1 aromatic heterocycles. The summed E-state index contributed by atoms with van der Waals surface area (Å²) in [7, 11) is 0. The molecule has 1 heterocycles. The van der Waals surface area contributed by atoms with E-state index in [9.17, 15) is 9.59 Å². The molecule has 5 heteroatoms. The zero-order valence-electron chi connectivity index (χ0n) is 7.78. The Morgan fingerprint density at radius 1 is 1.71 bits per heavy atom. The summed E-state index contributed by atoms with van der Waals surface area (Å²) in [6, 6.07) is 0.917. The summed E-state index contributed by atoms with van der Waals surface area (Å²) in [4.78, 5) is 25.2. The summed E-state index contributed by atoms with van der Waals surface area (Å²) in [6.45, 7) is 1.49. The minimum Gasteiger partial charge on any atom is -0.394 e. The van der Waals surface area contributed by atoms with Crippen LogP contribution in [0.4, 0.5) is 0 Å². The normalized spacial score (nSPS) is 12.1. The lowest BCUT2D eigenvalue weighted by molar-refractivity contribution is 0.0921. The van der Waals surface area contributed by atoms with E-state index in [4.69, 9.17) is 5.11 Å². The largest absolute Gasteiger partial charge is 0.394 e. The van der Waals surface area contributed by atoms with E-state index in [1.165, 1.54) is 18.5 Å². The Balaban J connectivity index is 2.80. The van der Waals surface area contributed by atoms with Gasteiger partial charge in [0.05, 0.1) is 6.61 Å². The number of carbonyl (C=O) groups is 1. The first-order chi connectivity index (χ1) is 6.65. The number of aliphatic hydroxyl groups is 1. The number of pyridine rings is 1. The van der Waals surface area contributed by atoms with Crippen LogP contribution in [0.2, 0.25) is 0 Å². The van der Waals surface area contributed by atoms with Crippen molar-refractivity contribution in [2.24, 2.45) is 0 Å². The first-order valence-corrected chi connectivity index (χ1v) is 4.24. The van der Waals surface area contributed by atoms with E-state index in [1.54, 1.807) is 6.92 Å². The highest BCUT2D eigenvalue weighted by Crippen LogP contribution is 1.89. The molecule has 0 saturated heterocycles. The van der Waals surface area contributed by atoms with E-state index in [-0.39, 0.29) is 23.6 Å². The Labute approximate surface area is 80.8 Å². The van der Waals surface area contributed by atoms with E-state index in [1.807, 2.05) is 0 Å². The van der Waals surface area contributed by atoms with Crippen LogP contribution in [0.5, 0.6) is 0 Å². The summed E-state index contributed by atoms with van der Waals surface area (Å²) in [5.74, 6) is -0.478. The molecule has 76 valence electrons. The number of hydrogen-bond acceptors (Lipinski definition) is 3. The Hall–Kier alpha value is -1.62. The second kappa shape index (κ2) is 4.57. The van der Waals surface area contributed by atoms with Crippen molar-refractivity contribution >= 4 is 5.91 Å². The van der Waals surface area contributed by atoms with E-state index in [2.05, 4.69) is 10.3 Å². The van der Waals surface area contributed by atoms with Gasteiger partial charge in [0.2, 0.25) is 0 Å². The molecular formula is C9H12N2O3. The van der Waals surface area contributed by atoms with E-state index in [0.717, 1.165) is 0 Å². The summed E-state index contributed by atoms with van der Waals surface area (Å²) in [5.41, 5.74) is -0.292. The number of H-pyrrole nitrogens is 1. The Morgan fingerprint density at radius 2 is 2.43 bits per heavy atom. The number of rotatable bonds is 3. The van der Waals surface area contributed by atoms with Crippen molar-refractivity contribution in [3.8, 4) is 0 Å². The first kappa shape index (κ1) is 10.5. The van der Waals surface area contributed by atoms with Crippen LogP contribution >= 0.6 is 0 Å². The van der Waals surface area contributed by atoms with E-state index in [0.29, 0.717) is 0 Å². The number of amides is 1. The van der Waals surface area contributed by atoms with Crippen molar-refractivity contribution in [3.05, 3.63) is 34.2 Å². The molecule has 5 nitrogen and oxygen atoms in total. The quantitative estimate of drug-likeness (QED) is 0.608. The van der Waals surface area contributed by atoms with Crippen molar-refractivity contribution in [1.82, 2.24) is 10.3 Å². The molecule has 0 bridgehead atoms. The Morgan fingerprint density at radius 3 is 3.00 bits per heavy atom. The highest BCUT2D eigenvalue weighted by atomic mass is 16.3. The zero-order chi connectivity index (χ0) is 10.6. The third-order valence-corrected chi connectivity index (χ3v) is 1.72. The van der Waals surface area contributed by atoms with Gasteiger partial charge >= 0.3 is 0 Å². The van der Waals surface area contributed by atoms with Crippen LogP contribution in [0.15, 0.2) is 23.3 Å². The molecule has 3 N–H and O–H groups in total. The maximum atomic E-state index is 11.4. The number of aromatic amines is 1.